The van der Waals surface area contributed by atoms with Crippen LogP contribution in [0.15, 0.2) is 12.7 Å². The lowest BCUT2D eigenvalue weighted by atomic mass is 9.98. The zero-order chi connectivity index (χ0) is 8.10. The fraction of sp³-hybridized carbons (Fsp3) is 0.778. The van der Waals surface area contributed by atoms with Gasteiger partial charge in [0.2, 0.25) is 0 Å². The Labute approximate surface area is 64.5 Å². The largest absolute Gasteiger partial charge is 0.374 e. The molecule has 0 aromatic heterocycles. The van der Waals surface area contributed by atoms with Crippen molar-refractivity contribution >= 4 is 0 Å². The van der Waals surface area contributed by atoms with Crippen molar-refractivity contribution in [2.45, 2.75) is 38.2 Å². The molecule has 58 valence electrons. The van der Waals surface area contributed by atoms with Crippen molar-refractivity contribution in [1.82, 2.24) is 0 Å². The van der Waals surface area contributed by atoms with E-state index in [-0.39, 0.29) is 6.40 Å². The number of hydrogen-bond acceptors (Lipinski definition) is 1. The summed E-state index contributed by atoms with van der Waals surface area (Å²) in [4.78, 5) is 0. The molecule has 1 rings (SSSR count). The van der Waals surface area contributed by atoms with E-state index in [1.807, 2.05) is 0 Å². The van der Waals surface area contributed by atoms with E-state index in [1.165, 1.54) is 0 Å². The van der Waals surface area contributed by atoms with Crippen LogP contribution < -0.4 is 0 Å². The molecule has 0 aliphatic heterocycles. The fourth-order valence-electron chi connectivity index (χ4n) is 1.27. The molecule has 1 heteroatoms. The summed E-state index contributed by atoms with van der Waals surface area (Å²) in [6, 6.07) is 0. The van der Waals surface area contributed by atoms with Gasteiger partial charge in [0.15, 0.2) is 0 Å². The van der Waals surface area contributed by atoms with Crippen LogP contribution in [0.4, 0.5) is 0 Å². The molecule has 1 saturated carbocycles. The molecule has 10 heavy (non-hydrogen) atoms. The van der Waals surface area contributed by atoms with E-state index < -0.39 is 0 Å². The van der Waals surface area contributed by atoms with Gasteiger partial charge >= 0.3 is 0 Å². The van der Waals surface area contributed by atoms with Crippen LogP contribution in [-0.4, -0.2) is 12.7 Å². The molecule has 1 aliphatic rings. The van der Waals surface area contributed by atoms with E-state index in [9.17, 15) is 0 Å². The molecule has 0 atom stereocenters. The van der Waals surface area contributed by atoms with Gasteiger partial charge in [-0.2, -0.15) is 0 Å². The van der Waals surface area contributed by atoms with Crippen molar-refractivity contribution in [2.75, 3.05) is 6.61 Å². The van der Waals surface area contributed by atoms with E-state index in [1.54, 1.807) is 6.08 Å². The molecule has 0 aromatic rings. The standard InChI is InChI=1S/C9H16O/c1-2-8-10-9-6-4-3-5-7-9/h2,9H,1,3-8H2/i3D. The topological polar surface area (TPSA) is 9.23 Å². The highest BCUT2D eigenvalue weighted by Gasteiger charge is 2.11. The zero-order valence-corrected chi connectivity index (χ0v) is 6.38. The molecule has 0 saturated heterocycles. The van der Waals surface area contributed by atoms with Crippen LogP contribution >= 0.6 is 0 Å². The maximum atomic E-state index is 7.46. The second kappa shape index (κ2) is 4.51. The number of ether oxygens (including phenoxy) is 1. The van der Waals surface area contributed by atoms with Crippen molar-refractivity contribution in [3.8, 4) is 0 Å². The minimum atomic E-state index is 0.165. The Morgan fingerprint density at radius 3 is 2.90 bits per heavy atom. The average Bonchev–Trinajstić information content (AvgIpc) is 2.04. The molecule has 0 bridgehead atoms. The van der Waals surface area contributed by atoms with Crippen LogP contribution in [0.5, 0.6) is 0 Å². The highest BCUT2D eigenvalue weighted by atomic mass is 16.5. The summed E-state index contributed by atoms with van der Waals surface area (Å²) in [5, 5.41) is 0. The summed E-state index contributed by atoms with van der Waals surface area (Å²) in [6.45, 7) is 4.26. The molecule has 1 nitrogen and oxygen atoms in total. The fourth-order valence-corrected chi connectivity index (χ4v) is 1.27. The van der Waals surface area contributed by atoms with Gasteiger partial charge in [0.25, 0.3) is 0 Å². The predicted molar refractivity (Wildman–Crippen MR) is 43.0 cm³/mol. The first-order valence-electron chi connectivity index (χ1n) is 4.55. The van der Waals surface area contributed by atoms with Crippen LogP contribution in [0.2, 0.25) is 0 Å². The Balaban J connectivity index is 2.12. The smallest absolute Gasteiger partial charge is 0.0648 e. The molecule has 0 unspecified atom stereocenters. The Kier molecular flexibility index (Phi) is 2.89. The summed E-state index contributed by atoms with van der Waals surface area (Å²) in [5.41, 5.74) is 0. The van der Waals surface area contributed by atoms with E-state index in [0.29, 0.717) is 12.7 Å². The van der Waals surface area contributed by atoms with E-state index >= 15 is 0 Å². The van der Waals surface area contributed by atoms with Crippen LogP contribution in [0.25, 0.3) is 0 Å². The summed E-state index contributed by atoms with van der Waals surface area (Å²) in [6.07, 6.45) is 6.47. The van der Waals surface area contributed by atoms with Gasteiger partial charge in [-0.3, -0.25) is 0 Å². The van der Waals surface area contributed by atoms with Gasteiger partial charge in [0.05, 0.1) is 12.7 Å². The molecule has 0 spiro atoms. The van der Waals surface area contributed by atoms with E-state index in [0.717, 1.165) is 25.7 Å². The number of rotatable bonds is 3. The molecule has 0 N–H and O–H groups in total. The Morgan fingerprint density at radius 2 is 2.30 bits per heavy atom. The van der Waals surface area contributed by atoms with Crippen molar-refractivity contribution < 1.29 is 6.11 Å². The van der Waals surface area contributed by atoms with E-state index in [2.05, 4.69) is 6.58 Å². The molecule has 0 amide bonds. The lowest BCUT2D eigenvalue weighted by Crippen LogP contribution is -2.16. The van der Waals surface area contributed by atoms with Gasteiger partial charge in [-0.15, -0.1) is 6.58 Å². The highest BCUT2D eigenvalue weighted by Crippen LogP contribution is 2.19. The lowest BCUT2D eigenvalue weighted by molar-refractivity contribution is 0.0467. The minimum Gasteiger partial charge on any atom is -0.374 e. The molecule has 0 heterocycles. The van der Waals surface area contributed by atoms with Gasteiger partial charge < -0.3 is 4.74 Å². The van der Waals surface area contributed by atoms with Crippen molar-refractivity contribution in [1.29, 1.82) is 0 Å². The maximum absolute atomic E-state index is 7.46. The van der Waals surface area contributed by atoms with Crippen LogP contribution in [0.3, 0.4) is 0 Å². The van der Waals surface area contributed by atoms with Gasteiger partial charge in [-0.25, -0.2) is 0 Å². The van der Waals surface area contributed by atoms with Crippen molar-refractivity contribution in [3.05, 3.63) is 12.7 Å². The summed E-state index contributed by atoms with van der Waals surface area (Å²) in [7, 11) is 0. The minimum absolute atomic E-state index is 0.165. The van der Waals surface area contributed by atoms with E-state index in [4.69, 9.17) is 6.11 Å². The Morgan fingerprint density at radius 1 is 1.60 bits per heavy atom. The normalized spacial score (nSPS) is 35.0. The first kappa shape index (κ1) is 6.41. The van der Waals surface area contributed by atoms with Crippen LogP contribution in [0.1, 0.15) is 33.5 Å². The first-order valence-corrected chi connectivity index (χ1v) is 3.97. The summed E-state index contributed by atoms with van der Waals surface area (Å²) < 4.78 is 12.9. The average molecular weight is 141 g/mol. The molecular weight excluding hydrogens is 124 g/mol. The van der Waals surface area contributed by atoms with Gasteiger partial charge in [-0.1, -0.05) is 25.3 Å². The summed E-state index contributed by atoms with van der Waals surface area (Å²) in [5.74, 6) is 0. The molecular formula is C9H16O. The van der Waals surface area contributed by atoms with Crippen LogP contribution in [-0.2, 0) is 4.74 Å². The second-order valence-corrected chi connectivity index (χ2v) is 2.69. The zero-order valence-electron chi connectivity index (χ0n) is 7.38. The third-order valence-corrected chi connectivity index (χ3v) is 1.84. The highest BCUT2D eigenvalue weighted by molar-refractivity contribution is 4.69. The van der Waals surface area contributed by atoms with Gasteiger partial charge in [0.1, 0.15) is 0 Å². The van der Waals surface area contributed by atoms with Crippen molar-refractivity contribution in [3.63, 3.8) is 0 Å². The SMILES string of the molecule is [2H]C1CCC(OCC=C)CC1. The molecule has 1 fully saturated rings. The Hall–Kier alpha value is -0.300. The summed E-state index contributed by atoms with van der Waals surface area (Å²) >= 11 is 0. The van der Waals surface area contributed by atoms with Gasteiger partial charge in [0, 0.05) is 1.37 Å². The van der Waals surface area contributed by atoms with Gasteiger partial charge in [-0.05, 0) is 12.8 Å². The van der Waals surface area contributed by atoms with Crippen molar-refractivity contribution in [2.24, 2.45) is 0 Å². The second-order valence-electron chi connectivity index (χ2n) is 2.69. The predicted octanol–water partition coefficient (Wildman–Crippen LogP) is 2.52. The van der Waals surface area contributed by atoms with Crippen LogP contribution in [0, 0.1) is 0 Å². The third-order valence-electron chi connectivity index (χ3n) is 1.84. The molecule has 0 aromatic carbocycles. The maximum Gasteiger partial charge on any atom is 0.0648 e. The monoisotopic (exact) mass is 141 g/mol. The first-order chi connectivity index (χ1) is 5.33. The molecule has 1 aliphatic carbocycles. The Bertz CT molecular complexity index is 117. The number of hydrogen-bond donors (Lipinski definition) is 0. The molecule has 0 radical (unpaired) electrons. The third kappa shape index (κ3) is 2.53. The lowest BCUT2D eigenvalue weighted by Gasteiger charge is -2.20. The quantitative estimate of drug-likeness (QED) is 0.549.